The predicted molar refractivity (Wildman–Crippen MR) is 99.1 cm³/mol. The summed E-state index contributed by atoms with van der Waals surface area (Å²) in [6.07, 6.45) is 4.44. The Bertz CT molecular complexity index is 823. The van der Waals surface area contributed by atoms with Gasteiger partial charge in [0.05, 0.1) is 0 Å². The maximum absolute atomic E-state index is 4.65. The van der Waals surface area contributed by atoms with E-state index in [0.29, 0.717) is 5.65 Å². The van der Waals surface area contributed by atoms with Gasteiger partial charge in [0, 0.05) is 38.9 Å². The second kappa shape index (κ2) is 6.92. The Balaban J connectivity index is 1.49. The van der Waals surface area contributed by atoms with Crippen molar-refractivity contribution in [2.24, 2.45) is 0 Å². The number of anilines is 3. The Labute approximate surface area is 146 Å². The lowest BCUT2D eigenvalue weighted by Gasteiger charge is -2.35. The zero-order valence-electron chi connectivity index (χ0n) is 14.3. The molecule has 4 heterocycles. The number of aromatic amines is 1. The number of hydrogen-bond acceptors (Lipinski definition) is 7. The van der Waals surface area contributed by atoms with Gasteiger partial charge in [0.15, 0.2) is 11.5 Å². The lowest BCUT2D eigenvalue weighted by molar-refractivity contribution is 0.638. The Hall–Kier alpha value is -2.90. The van der Waals surface area contributed by atoms with Gasteiger partial charge in [0.25, 0.3) is 0 Å². The zero-order valence-corrected chi connectivity index (χ0v) is 14.3. The van der Waals surface area contributed by atoms with Crippen molar-refractivity contribution in [2.45, 2.75) is 13.3 Å². The number of nitrogens with zero attached hydrogens (tertiary/aromatic N) is 6. The van der Waals surface area contributed by atoms with Crippen molar-refractivity contribution in [3.05, 3.63) is 30.7 Å². The largest absolute Gasteiger partial charge is 0.368 e. The number of hydrogen-bond donors (Lipinski definition) is 2. The van der Waals surface area contributed by atoms with E-state index >= 15 is 0 Å². The highest BCUT2D eigenvalue weighted by Crippen LogP contribution is 2.22. The normalized spacial score (nSPS) is 14.9. The number of piperazine rings is 1. The zero-order chi connectivity index (χ0) is 17.1. The van der Waals surface area contributed by atoms with E-state index < -0.39 is 0 Å². The molecule has 25 heavy (non-hydrogen) atoms. The first-order valence-electron chi connectivity index (χ1n) is 8.70. The van der Waals surface area contributed by atoms with Crippen LogP contribution in [-0.2, 0) is 0 Å². The average molecular weight is 338 g/mol. The van der Waals surface area contributed by atoms with Gasteiger partial charge in [-0.05, 0) is 18.6 Å². The van der Waals surface area contributed by atoms with Gasteiger partial charge in [-0.1, -0.05) is 13.0 Å². The van der Waals surface area contributed by atoms with E-state index in [4.69, 9.17) is 0 Å². The van der Waals surface area contributed by atoms with E-state index in [1.807, 2.05) is 18.3 Å². The minimum absolute atomic E-state index is 0.704. The fraction of sp³-hybridized carbons (Fsp3) is 0.412. The van der Waals surface area contributed by atoms with Crippen LogP contribution in [0.1, 0.15) is 13.3 Å². The fourth-order valence-corrected chi connectivity index (χ4v) is 3.03. The number of pyridine rings is 1. The summed E-state index contributed by atoms with van der Waals surface area (Å²) in [5.41, 5.74) is 1.58. The number of H-pyrrole nitrogens is 1. The molecule has 0 aromatic carbocycles. The molecule has 0 unspecified atom stereocenters. The molecule has 8 nitrogen and oxygen atoms in total. The monoisotopic (exact) mass is 338 g/mol. The first-order valence-corrected chi connectivity index (χ1v) is 8.70. The second-order valence-electron chi connectivity index (χ2n) is 6.07. The van der Waals surface area contributed by atoms with Crippen molar-refractivity contribution in [3.8, 4) is 0 Å². The molecule has 3 aromatic rings. The van der Waals surface area contributed by atoms with E-state index in [9.17, 15) is 0 Å². The highest BCUT2D eigenvalue weighted by molar-refractivity contribution is 5.84. The molecule has 4 rings (SSSR count). The molecular formula is C17H22N8. The molecule has 1 fully saturated rings. The Kier molecular flexibility index (Phi) is 4.32. The van der Waals surface area contributed by atoms with Crippen LogP contribution in [0, 0.1) is 0 Å². The van der Waals surface area contributed by atoms with E-state index in [2.05, 4.69) is 53.0 Å². The lowest BCUT2D eigenvalue weighted by Crippen LogP contribution is -2.47. The third kappa shape index (κ3) is 3.19. The minimum Gasteiger partial charge on any atom is -0.368 e. The van der Waals surface area contributed by atoms with Crippen LogP contribution < -0.4 is 15.1 Å². The first kappa shape index (κ1) is 15.6. The summed E-state index contributed by atoms with van der Waals surface area (Å²) in [5.74, 6) is 2.71. The van der Waals surface area contributed by atoms with Gasteiger partial charge < -0.3 is 20.1 Å². The molecule has 3 aromatic heterocycles. The molecule has 2 N–H and O–H groups in total. The number of imidazole rings is 1. The van der Waals surface area contributed by atoms with Gasteiger partial charge in [-0.25, -0.2) is 15.0 Å². The standard InChI is InChI=1S/C17H22N8/c1-2-6-19-15-14-16(21-12-20-15)23-17(22-14)25-10-8-24(9-11-25)13-5-3-4-7-18-13/h3-5,7,12H,2,6,8-11H2,1H3,(H2,19,20,21,22,23). The lowest BCUT2D eigenvalue weighted by atomic mass is 10.3. The van der Waals surface area contributed by atoms with E-state index in [0.717, 1.165) is 62.2 Å². The molecule has 0 amide bonds. The topological polar surface area (TPSA) is 85.9 Å². The van der Waals surface area contributed by atoms with Gasteiger partial charge in [-0.3, -0.25) is 0 Å². The van der Waals surface area contributed by atoms with Crippen molar-refractivity contribution in [2.75, 3.05) is 47.8 Å². The van der Waals surface area contributed by atoms with Crippen LogP contribution >= 0.6 is 0 Å². The van der Waals surface area contributed by atoms with Gasteiger partial charge in [0.2, 0.25) is 5.95 Å². The maximum Gasteiger partial charge on any atom is 0.205 e. The van der Waals surface area contributed by atoms with Crippen LogP contribution in [0.3, 0.4) is 0 Å². The van der Waals surface area contributed by atoms with E-state index in [1.54, 1.807) is 6.33 Å². The molecule has 1 saturated heterocycles. The molecule has 0 atom stereocenters. The van der Waals surface area contributed by atoms with Crippen LogP contribution in [0.4, 0.5) is 17.6 Å². The summed E-state index contributed by atoms with van der Waals surface area (Å²) < 4.78 is 0. The summed E-state index contributed by atoms with van der Waals surface area (Å²) in [5, 5.41) is 3.32. The third-order valence-electron chi connectivity index (χ3n) is 4.37. The quantitative estimate of drug-likeness (QED) is 0.735. The van der Waals surface area contributed by atoms with E-state index in [1.165, 1.54) is 0 Å². The number of aromatic nitrogens is 5. The van der Waals surface area contributed by atoms with Gasteiger partial charge in [-0.2, -0.15) is 4.98 Å². The summed E-state index contributed by atoms with van der Waals surface area (Å²) in [6.45, 7) is 6.62. The van der Waals surface area contributed by atoms with Crippen LogP contribution in [-0.4, -0.2) is 57.6 Å². The molecule has 0 aliphatic carbocycles. The molecular weight excluding hydrogens is 316 g/mol. The number of nitrogens with one attached hydrogen (secondary N) is 2. The summed E-state index contributed by atoms with van der Waals surface area (Å²) in [6, 6.07) is 6.02. The minimum atomic E-state index is 0.704. The van der Waals surface area contributed by atoms with E-state index in [-0.39, 0.29) is 0 Å². The summed E-state index contributed by atoms with van der Waals surface area (Å²) >= 11 is 0. The van der Waals surface area contributed by atoms with Crippen LogP contribution in [0.2, 0.25) is 0 Å². The summed E-state index contributed by atoms with van der Waals surface area (Å²) in [4.78, 5) is 25.6. The van der Waals surface area contributed by atoms with Crippen LogP contribution in [0.25, 0.3) is 11.2 Å². The van der Waals surface area contributed by atoms with Crippen molar-refractivity contribution in [3.63, 3.8) is 0 Å². The number of rotatable bonds is 5. The van der Waals surface area contributed by atoms with Crippen molar-refractivity contribution >= 4 is 28.7 Å². The number of fused-ring (bicyclic) bond motifs is 1. The third-order valence-corrected chi connectivity index (χ3v) is 4.37. The predicted octanol–water partition coefficient (Wildman–Crippen LogP) is 1.90. The molecule has 1 aliphatic rings. The first-order chi connectivity index (χ1) is 12.3. The Morgan fingerprint density at radius 3 is 2.68 bits per heavy atom. The second-order valence-corrected chi connectivity index (χ2v) is 6.07. The Morgan fingerprint density at radius 1 is 1.08 bits per heavy atom. The summed E-state index contributed by atoms with van der Waals surface area (Å²) in [7, 11) is 0. The molecule has 1 aliphatic heterocycles. The Morgan fingerprint density at radius 2 is 1.92 bits per heavy atom. The van der Waals surface area contributed by atoms with Gasteiger partial charge in [0.1, 0.15) is 17.7 Å². The highest BCUT2D eigenvalue weighted by Gasteiger charge is 2.21. The van der Waals surface area contributed by atoms with Crippen molar-refractivity contribution in [1.82, 2.24) is 24.9 Å². The fourth-order valence-electron chi connectivity index (χ4n) is 3.03. The molecule has 0 saturated carbocycles. The maximum atomic E-state index is 4.65. The SMILES string of the molecule is CCCNc1ncnc2nc(N3CCN(c4ccccn4)CC3)[nH]c12. The molecule has 0 radical (unpaired) electrons. The van der Waals surface area contributed by atoms with Crippen molar-refractivity contribution in [1.29, 1.82) is 0 Å². The van der Waals surface area contributed by atoms with Crippen LogP contribution in [0.15, 0.2) is 30.7 Å². The highest BCUT2D eigenvalue weighted by atomic mass is 15.3. The molecule has 8 heteroatoms. The average Bonchev–Trinajstić information content (AvgIpc) is 3.12. The molecule has 0 spiro atoms. The van der Waals surface area contributed by atoms with Gasteiger partial charge >= 0.3 is 0 Å². The van der Waals surface area contributed by atoms with Crippen LogP contribution in [0.5, 0.6) is 0 Å². The van der Waals surface area contributed by atoms with Crippen molar-refractivity contribution < 1.29 is 0 Å². The molecule has 130 valence electrons. The van der Waals surface area contributed by atoms with Gasteiger partial charge in [-0.15, -0.1) is 0 Å². The molecule has 0 bridgehead atoms. The smallest absolute Gasteiger partial charge is 0.205 e.